The minimum Gasteiger partial charge on any atom is -0.488 e. The van der Waals surface area contributed by atoms with Crippen LogP contribution in [0.1, 0.15) is 15.9 Å². The van der Waals surface area contributed by atoms with Gasteiger partial charge in [-0.25, -0.2) is 0 Å². The number of rotatable bonds is 4. The van der Waals surface area contributed by atoms with Crippen LogP contribution in [0.4, 0.5) is 0 Å². The fourth-order valence-electron chi connectivity index (χ4n) is 1.39. The number of pyridine rings is 1. The summed E-state index contributed by atoms with van der Waals surface area (Å²) in [7, 11) is 0. The highest BCUT2D eigenvalue weighted by molar-refractivity contribution is 6.30. The Morgan fingerprint density at radius 2 is 2.24 bits per heavy atom. The van der Waals surface area contributed by atoms with Gasteiger partial charge in [0.25, 0.3) is 0 Å². The minimum absolute atomic E-state index is 0.371. The van der Waals surface area contributed by atoms with Gasteiger partial charge in [0.05, 0.1) is 5.56 Å². The van der Waals surface area contributed by atoms with Crippen molar-refractivity contribution < 1.29 is 9.53 Å². The van der Waals surface area contributed by atoms with Crippen molar-refractivity contribution in [3.8, 4) is 5.75 Å². The minimum atomic E-state index is 0.371. The first-order chi connectivity index (χ1) is 8.29. The Bertz CT molecular complexity index is 514. The highest BCUT2D eigenvalue weighted by atomic mass is 35.5. The van der Waals surface area contributed by atoms with Gasteiger partial charge in [0.15, 0.2) is 6.29 Å². The normalized spacial score (nSPS) is 9.94. The Morgan fingerprint density at radius 3 is 2.94 bits per heavy atom. The fourth-order valence-corrected chi connectivity index (χ4v) is 1.57. The number of carbonyl (C=O) groups is 1. The highest BCUT2D eigenvalue weighted by Gasteiger charge is 2.04. The number of aromatic nitrogens is 1. The summed E-state index contributed by atoms with van der Waals surface area (Å²) in [6.07, 6.45) is 4.14. The van der Waals surface area contributed by atoms with E-state index in [1.165, 1.54) is 0 Å². The first-order valence-corrected chi connectivity index (χ1v) is 5.44. The maximum absolute atomic E-state index is 10.8. The third-order valence-electron chi connectivity index (χ3n) is 2.22. The van der Waals surface area contributed by atoms with Crippen LogP contribution >= 0.6 is 11.6 Å². The molecule has 0 N–H and O–H groups in total. The topological polar surface area (TPSA) is 39.2 Å². The Labute approximate surface area is 104 Å². The van der Waals surface area contributed by atoms with Crippen LogP contribution < -0.4 is 4.74 Å². The lowest BCUT2D eigenvalue weighted by Gasteiger charge is -2.08. The molecule has 0 unspecified atom stereocenters. The van der Waals surface area contributed by atoms with Crippen molar-refractivity contribution in [1.82, 2.24) is 4.98 Å². The van der Waals surface area contributed by atoms with Gasteiger partial charge < -0.3 is 4.74 Å². The lowest BCUT2D eigenvalue weighted by molar-refractivity contribution is 0.111. The van der Waals surface area contributed by atoms with Crippen LogP contribution in [0.15, 0.2) is 42.7 Å². The molecule has 0 radical (unpaired) electrons. The first kappa shape index (κ1) is 11.6. The van der Waals surface area contributed by atoms with Gasteiger partial charge in [0.2, 0.25) is 0 Å². The van der Waals surface area contributed by atoms with Crippen molar-refractivity contribution in [1.29, 1.82) is 0 Å². The van der Waals surface area contributed by atoms with Crippen molar-refractivity contribution >= 4 is 17.9 Å². The summed E-state index contributed by atoms with van der Waals surface area (Å²) in [6, 6.07) is 8.69. The maximum atomic E-state index is 10.8. The Morgan fingerprint density at radius 1 is 1.35 bits per heavy atom. The molecule has 0 atom stereocenters. The molecule has 0 aliphatic heterocycles. The van der Waals surface area contributed by atoms with E-state index in [-0.39, 0.29) is 0 Å². The molecule has 17 heavy (non-hydrogen) atoms. The third kappa shape index (κ3) is 3.04. The van der Waals surface area contributed by atoms with Crippen molar-refractivity contribution in [3.05, 3.63) is 58.9 Å². The molecule has 1 heterocycles. The van der Waals surface area contributed by atoms with Crippen LogP contribution in [0.2, 0.25) is 5.02 Å². The number of benzene rings is 1. The largest absolute Gasteiger partial charge is 0.488 e. The summed E-state index contributed by atoms with van der Waals surface area (Å²) in [5.74, 6) is 0.522. The molecule has 2 rings (SSSR count). The van der Waals surface area contributed by atoms with Crippen molar-refractivity contribution in [2.45, 2.75) is 6.61 Å². The second-order valence-corrected chi connectivity index (χ2v) is 3.89. The molecule has 0 aliphatic rings. The number of ether oxygens (including phenoxy) is 1. The SMILES string of the molecule is O=Cc1cc(Cl)ccc1OCc1cccnc1. The van der Waals surface area contributed by atoms with E-state index in [2.05, 4.69) is 4.98 Å². The number of nitrogens with zero attached hydrogens (tertiary/aromatic N) is 1. The summed E-state index contributed by atoms with van der Waals surface area (Å²) in [5.41, 5.74) is 1.39. The van der Waals surface area contributed by atoms with Gasteiger partial charge in [-0.3, -0.25) is 9.78 Å². The molecule has 1 aromatic heterocycles. The van der Waals surface area contributed by atoms with Gasteiger partial charge in [-0.05, 0) is 24.3 Å². The number of carbonyl (C=O) groups excluding carboxylic acids is 1. The molecule has 0 fully saturated rings. The van der Waals surface area contributed by atoms with Gasteiger partial charge in [-0.15, -0.1) is 0 Å². The van der Waals surface area contributed by atoms with Crippen LogP contribution in [-0.2, 0) is 6.61 Å². The van der Waals surface area contributed by atoms with E-state index in [0.29, 0.717) is 22.9 Å². The van der Waals surface area contributed by atoms with Gasteiger partial charge in [-0.1, -0.05) is 17.7 Å². The zero-order valence-electron chi connectivity index (χ0n) is 8.97. The fraction of sp³-hybridized carbons (Fsp3) is 0.0769. The van der Waals surface area contributed by atoms with E-state index < -0.39 is 0 Å². The molecule has 2 aromatic rings. The number of aldehydes is 1. The summed E-state index contributed by atoms with van der Waals surface area (Å²) in [4.78, 5) is 14.8. The lowest BCUT2D eigenvalue weighted by Crippen LogP contribution is -1.98. The maximum Gasteiger partial charge on any atom is 0.153 e. The summed E-state index contributed by atoms with van der Waals surface area (Å²) in [5, 5.41) is 0.515. The monoisotopic (exact) mass is 247 g/mol. The Hall–Kier alpha value is -1.87. The second-order valence-electron chi connectivity index (χ2n) is 3.45. The van der Waals surface area contributed by atoms with E-state index in [4.69, 9.17) is 16.3 Å². The lowest BCUT2D eigenvalue weighted by atomic mass is 10.2. The van der Waals surface area contributed by atoms with Crippen LogP contribution in [-0.4, -0.2) is 11.3 Å². The zero-order chi connectivity index (χ0) is 12.1. The van der Waals surface area contributed by atoms with Crippen LogP contribution in [0.5, 0.6) is 5.75 Å². The number of halogens is 1. The Kier molecular flexibility index (Phi) is 3.73. The molecule has 1 aromatic carbocycles. The van der Waals surface area contributed by atoms with Crippen molar-refractivity contribution in [3.63, 3.8) is 0 Å². The number of hydrogen-bond acceptors (Lipinski definition) is 3. The molecule has 0 amide bonds. The van der Waals surface area contributed by atoms with Gasteiger partial charge in [0.1, 0.15) is 12.4 Å². The van der Waals surface area contributed by atoms with Gasteiger partial charge >= 0.3 is 0 Å². The quantitative estimate of drug-likeness (QED) is 0.780. The van der Waals surface area contributed by atoms with Gasteiger partial charge in [-0.2, -0.15) is 0 Å². The second kappa shape index (κ2) is 5.46. The summed E-state index contributed by atoms with van der Waals surface area (Å²) >= 11 is 5.79. The van der Waals surface area contributed by atoms with E-state index in [1.807, 2.05) is 12.1 Å². The smallest absolute Gasteiger partial charge is 0.153 e. The van der Waals surface area contributed by atoms with E-state index in [1.54, 1.807) is 30.6 Å². The average Bonchev–Trinajstić information content (AvgIpc) is 2.38. The molecule has 3 nitrogen and oxygen atoms in total. The van der Waals surface area contributed by atoms with Crippen molar-refractivity contribution in [2.75, 3.05) is 0 Å². The predicted molar refractivity (Wildman–Crippen MR) is 65.4 cm³/mol. The third-order valence-corrected chi connectivity index (χ3v) is 2.45. The van der Waals surface area contributed by atoms with E-state index in [0.717, 1.165) is 11.8 Å². The molecule has 0 saturated carbocycles. The van der Waals surface area contributed by atoms with Crippen molar-refractivity contribution in [2.24, 2.45) is 0 Å². The molecule has 0 aliphatic carbocycles. The molecule has 86 valence electrons. The molecular formula is C13H10ClNO2. The highest BCUT2D eigenvalue weighted by Crippen LogP contribution is 2.22. The molecule has 4 heteroatoms. The van der Waals surface area contributed by atoms with Crippen LogP contribution in [0, 0.1) is 0 Å². The summed E-state index contributed by atoms with van der Waals surface area (Å²) in [6.45, 7) is 0.371. The van der Waals surface area contributed by atoms with E-state index in [9.17, 15) is 4.79 Å². The number of hydrogen-bond donors (Lipinski definition) is 0. The van der Waals surface area contributed by atoms with Crippen LogP contribution in [0.3, 0.4) is 0 Å². The van der Waals surface area contributed by atoms with Crippen LogP contribution in [0.25, 0.3) is 0 Å². The van der Waals surface area contributed by atoms with E-state index >= 15 is 0 Å². The molecule has 0 saturated heterocycles. The summed E-state index contributed by atoms with van der Waals surface area (Å²) < 4.78 is 5.54. The molecule has 0 bridgehead atoms. The Balaban J connectivity index is 2.11. The zero-order valence-corrected chi connectivity index (χ0v) is 9.72. The predicted octanol–water partition coefficient (Wildman–Crippen LogP) is 3.13. The molecular weight excluding hydrogens is 238 g/mol. The van der Waals surface area contributed by atoms with Gasteiger partial charge in [0, 0.05) is 23.0 Å². The molecule has 0 spiro atoms. The first-order valence-electron chi connectivity index (χ1n) is 5.06. The standard InChI is InChI=1S/C13H10ClNO2/c14-12-3-4-13(11(6-12)8-16)17-9-10-2-1-5-15-7-10/h1-8H,9H2. The average molecular weight is 248 g/mol.